The molecule has 0 aliphatic heterocycles. The minimum atomic E-state index is 0.873. The van der Waals surface area contributed by atoms with Gasteiger partial charge in [0.1, 0.15) is 0 Å². The van der Waals surface area contributed by atoms with Gasteiger partial charge in [-0.15, -0.1) is 0 Å². The van der Waals surface area contributed by atoms with Gasteiger partial charge in [0.15, 0.2) is 0 Å². The van der Waals surface area contributed by atoms with Crippen LogP contribution in [0.25, 0.3) is 0 Å². The summed E-state index contributed by atoms with van der Waals surface area (Å²) in [6.07, 6.45) is 5.84. The van der Waals surface area contributed by atoms with Crippen molar-refractivity contribution in [1.29, 1.82) is 0 Å². The summed E-state index contributed by atoms with van der Waals surface area (Å²) in [4.78, 5) is 0. The van der Waals surface area contributed by atoms with Crippen LogP contribution in [0.3, 0.4) is 0 Å². The molecule has 0 aromatic carbocycles. The Morgan fingerprint density at radius 2 is 2.18 bits per heavy atom. The van der Waals surface area contributed by atoms with Gasteiger partial charge < -0.3 is 5.73 Å². The second kappa shape index (κ2) is 2.78. The summed E-state index contributed by atoms with van der Waals surface area (Å²) in [6, 6.07) is 0. The van der Waals surface area contributed by atoms with E-state index in [1.54, 1.807) is 0 Å². The average molecular weight is 153 g/mol. The van der Waals surface area contributed by atoms with Crippen molar-refractivity contribution in [3.8, 4) is 0 Å². The van der Waals surface area contributed by atoms with Crippen molar-refractivity contribution in [2.75, 3.05) is 6.54 Å². The van der Waals surface area contributed by atoms with Crippen LogP contribution >= 0.6 is 0 Å². The van der Waals surface area contributed by atoms with Gasteiger partial charge in [0.25, 0.3) is 0 Å². The molecule has 2 aliphatic carbocycles. The molecule has 0 amide bonds. The third kappa shape index (κ3) is 1.10. The Balaban J connectivity index is 2.09. The molecule has 2 rings (SSSR count). The van der Waals surface area contributed by atoms with E-state index in [2.05, 4.69) is 6.92 Å². The summed E-state index contributed by atoms with van der Waals surface area (Å²) in [7, 11) is 0. The molecule has 2 bridgehead atoms. The van der Waals surface area contributed by atoms with Gasteiger partial charge in [-0.3, -0.25) is 0 Å². The molecule has 0 spiro atoms. The Morgan fingerprint density at radius 3 is 2.82 bits per heavy atom. The minimum Gasteiger partial charge on any atom is -0.330 e. The number of nitrogens with two attached hydrogens (primary N) is 1. The predicted molar refractivity (Wildman–Crippen MR) is 47.2 cm³/mol. The SMILES string of the molecule is C[C@H]1C2CCCC1C(CN)C2. The normalized spacial score (nSPS) is 49.6. The van der Waals surface area contributed by atoms with E-state index in [4.69, 9.17) is 5.73 Å². The minimum absolute atomic E-state index is 0.873. The lowest BCUT2D eigenvalue weighted by Gasteiger charge is -2.27. The highest BCUT2D eigenvalue weighted by Crippen LogP contribution is 2.49. The Hall–Kier alpha value is -0.0400. The third-order valence-corrected chi connectivity index (χ3v) is 4.05. The summed E-state index contributed by atoms with van der Waals surface area (Å²) in [5.41, 5.74) is 5.75. The first-order valence-corrected chi connectivity index (χ1v) is 5.03. The van der Waals surface area contributed by atoms with Crippen molar-refractivity contribution in [1.82, 2.24) is 0 Å². The maximum atomic E-state index is 5.75. The molecule has 1 heteroatoms. The molecule has 64 valence electrons. The number of hydrogen-bond donors (Lipinski definition) is 1. The van der Waals surface area contributed by atoms with Crippen LogP contribution in [0.2, 0.25) is 0 Å². The first-order valence-electron chi connectivity index (χ1n) is 5.03. The van der Waals surface area contributed by atoms with Gasteiger partial charge in [-0.1, -0.05) is 19.8 Å². The van der Waals surface area contributed by atoms with Crippen molar-refractivity contribution in [2.45, 2.75) is 32.6 Å². The molecule has 2 N–H and O–H groups in total. The zero-order chi connectivity index (χ0) is 7.84. The van der Waals surface area contributed by atoms with Crippen LogP contribution in [-0.4, -0.2) is 6.54 Å². The molecule has 3 unspecified atom stereocenters. The zero-order valence-electron chi connectivity index (χ0n) is 7.42. The van der Waals surface area contributed by atoms with E-state index < -0.39 is 0 Å². The van der Waals surface area contributed by atoms with Crippen molar-refractivity contribution in [3.05, 3.63) is 0 Å². The molecular formula is C10H19N. The summed E-state index contributed by atoms with van der Waals surface area (Å²) in [5, 5.41) is 0. The van der Waals surface area contributed by atoms with Crippen LogP contribution in [0.4, 0.5) is 0 Å². The highest BCUT2D eigenvalue weighted by atomic mass is 14.6. The van der Waals surface area contributed by atoms with Gasteiger partial charge in [0, 0.05) is 0 Å². The molecule has 0 saturated heterocycles. The lowest BCUT2D eigenvalue weighted by molar-refractivity contribution is 0.229. The Labute approximate surface area is 69.4 Å². The molecule has 2 fully saturated rings. The van der Waals surface area contributed by atoms with E-state index >= 15 is 0 Å². The van der Waals surface area contributed by atoms with Gasteiger partial charge in [-0.25, -0.2) is 0 Å². The van der Waals surface area contributed by atoms with E-state index in [9.17, 15) is 0 Å². The topological polar surface area (TPSA) is 26.0 Å². The van der Waals surface area contributed by atoms with Crippen LogP contribution in [0.1, 0.15) is 32.6 Å². The van der Waals surface area contributed by atoms with Gasteiger partial charge in [-0.05, 0) is 43.1 Å². The molecule has 2 saturated carbocycles. The molecule has 0 aromatic heterocycles. The van der Waals surface area contributed by atoms with E-state index in [1.807, 2.05) is 0 Å². The maximum Gasteiger partial charge on any atom is -0.00460 e. The highest BCUT2D eigenvalue weighted by molar-refractivity contribution is 4.92. The first-order chi connectivity index (χ1) is 5.33. The second-order valence-corrected chi connectivity index (χ2v) is 4.45. The van der Waals surface area contributed by atoms with Gasteiger partial charge in [0.2, 0.25) is 0 Å². The van der Waals surface area contributed by atoms with Gasteiger partial charge >= 0.3 is 0 Å². The average Bonchev–Trinajstić information content (AvgIpc) is 2.23. The number of rotatable bonds is 1. The molecule has 11 heavy (non-hydrogen) atoms. The fraction of sp³-hybridized carbons (Fsp3) is 1.00. The van der Waals surface area contributed by atoms with Crippen molar-refractivity contribution in [3.63, 3.8) is 0 Å². The van der Waals surface area contributed by atoms with Crippen LogP contribution in [0.5, 0.6) is 0 Å². The van der Waals surface area contributed by atoms with E-state index in [1.165, 1.54) is 25.7 Å². The van der Waals surface area contributed by atoms with Crippen LogP contribution in [0, 0.1) is 23.7 Å². The Bertz CT molecular complexity index is 144. The standard InChI is InChI=1S/C10H19N/c1-7-8-3-2-4-10(7)9(5-8)6-11/h7-10H,2-6,11H2,1H3/t7-,8?,9?,10?/m0/s1. The molecule has 0 aromatic rings. The molecular weight excluding hydrogens is 134 g/mol. The summed E-state index contributed by atoms with van der Waals surface area (Å²) >= 11 is 0. The van der Waals surface area contributed by atoms with E-state index in [0.29, 0.717) is 0 Å². The first kappa shape index (κ1) is 7.60. The molecule has 2 aliphatic rings. The monoisotopic (exact) mass is 153 g/mol. The van der Waals surface area contributed by atoms with Gasteiger partial charge in [-0.2, -0.15) is 0 Å². The molecule has 1 nitrogen and oxygen atoms in total. The molecule has 0 heterocycles. The lowest BCUT2D eigenvalue weighted by Crippen LogP contribution is -2.23. The smallest absolute Gasteiger partial charge is 0.00460 e. The van der Waals surface area contributed by atoms with Crippen molar-refractivity contribution < 1.29 is 0 Å². The molecule has 4 atom stereocenters. The number of fused-ring (bicyclic) bond motifs is 2. The summed E-state index contributed by atoms with van der Waals surface area (Å²) < 4.78 is 0. The van der Waals surface area contributed by atoms with E-state index in [0.717, 1.165) is 30.2 Å². The highest BCUT2D eigenvalue weighted by Gasteiger charge is 2.41. The third-order valence-electron chi connectivity index (χ3n) is 4.05. The van der Waals surface area contributed by atoms with E-state index in [-0.39, 0.29) is 0 Å². The maximum absolute atomic E-state index is 5.75. The van der Waals surface area contributed by atoms with Crippen LogP contribution in [0.15, 0.2) is 0 Å². The predicted octanol–water partition coefficient (Wildman–Crippen LogP) is 2.02. The second-order valence-electron chi connectivity index (χ2n) is 4.45. The van der Waals surface area contributed by atoms with Crippen LogP contribution < -0.4 is 5.73 Å². The zero-order valence-corrected chi connectivity index (χ0v) is 7.42. The molecule has 0 radical (unpaired) electrons. The quantitative estimate of drug-likeness (QED) is 0.612. The van der Waals surface area contributed by atoms with Gasteiger partial charge in [0.05, 0.1) is 0 Å². The fourth-order valence-corrected chi connectivity index (χ4v) is 3.32. The summed E-state index contributed by atoms with van der Waals surface area (Å²) in [5.74, 6) is 3.87. The van der Waals surface area contributed by atoms with Crippen LogP contribution in [-0.2, 0) is 0 Å². The fourth-order valence-electron chi connectivity index (χ4n) is 3.32. The Kier molecular flexibility index (Phi) is 1.92. The van der Waals surface area contributed by atoms with Crippen molar-refractivity contribution in [2.24, 2.45) is 29.4 Å². The van der Waals surface area contributed by atoms with Crippen molar-refractivity contribution >= 4 is 0 Å². The lowest BCUT2D eigenvalue weighted by atomic mass is 9.78. The largest absolute Gasteiger partial charge is 0.330 e. The Morgan fingerprint density at radius 1 is 1.36 bits per heavy atom. The number of hydrogen-bond acceptors (Lipinski definition) is 1. The summed E-state index contributed by atoms with van der Waals surface area (Å²) in [6.45, 7) is 3.37.